The number of pyridine rings is 1. The summed E-state index contributed by atoms with van der Waals surface area (Å²) >= 11 is 0. The van der Waals surface area contributed by atoms with Gasteiger partial charge >= 0.3 is 0 Å². The Balaban J connectivity index is 1.49. The molecular formula is C22H23N5O3. The van der Waals surface area contributed by atoms with Gasteiger partial charge in [-0.3, -0.25) is 9.59 Å². The number of likely N-dealkylation sites (N-methyl/N-ethyl adjacent to an activating group) is 1. The van der Waals surface area contributed by atoms with E-state index in [9.17, 15) is 9.59 Å². The molecule has 1 aromatic carbocycles. The fourth-order valence-electron chi connectivity index (χ4n) is 3.43. The predicted octanol–water partition coefficient (Wildman–Crippen LogP) is 3.14. The average Bonchev–Trinajstić information content (AvgIpc) is 2.92. The van der Waals surface area contributed by atoms with Crippen LogP contribution in [0.2, 0.25) is 0 Å². The van der Waals surface area contributed by atoms with Crippen molar-refractivity contribution in [2.45, 2.75) is 19.9 Å². The minimum absolute atomic E-state index is 0.0716. The molecule has 3 aromatic rings. The number of aryl methyl sites for hydroxylation is 1. The van der Waals surface area contributed by atoms with Crippen molar-refractivity contribution in [3.05, 3.63) is 53.4 Å². The van der Waals surface area contributed by atoms with Gasteiger partial charge in [-0.1, -0.05) is 12.1 Å². The molecule has 0 unspecified atom stereocenters. The zero-order valence-electron chi connectivity index (χ0n) is 16.9. The second-order valence-electron chi connectivity index (χ2n) is 7.28. The van der Waals surface area contributed by atoms with E-state index in [1.54, 1.807) is 30.3 Å². The number of rotatable bonds is 4. The summed E-state index contributed by atoms with van der Waals surface area (Å²) < 4.78 is 5.78. The Bertz CT molecular complexity index is 1170. The smallest absolute Gasteiger partial charge is 0.246 e. The molecule has 1 aliphatic heterocycles. The van der Waals surface area contributed by atoms with Crippen molar-refractivity contribution in [1.29, 1.82) is 0 Å². The van der Waals surface area contributed by atoms with E-state index in [0.29, 0.717) is 36.6 Å². The molecule has 0 saturated heterocycles. The van der Waals surface area contributed by atoms with Crippen molar-refractivity contribution < 1.29 is 14.0 Å². The lowest BCUT2D eigenvalue weighted by molar-refractivity contribution is -0.125. The Morgan fingerprint density at radius 2 is 2.23 bits per heavy atom. The molecule has 2 amide bonds. The highest BCUT2D eigenvalue weighted by Gasteiger charge is 2.17. The summed E-state index contributed by atoms with van der Waals surface area (Å²) in [5, 5.41) is 6.84. The fraction of sp³-hybridized carbons (Fsp3) is 0.227. The third-order valence-electron chi connectivity index (χ3n) is 5.07. The number of amides is 2. The fourth-order valence-corrected chi connectivity index (χ4v) is 3.43. The molecular weight excluding hydrogens is 382 g/mol. The zero-order valence-corrected chi connectivity index (χ0v) is 16.9. The van der Waals surface area contributed by atoms with E-state index in [4.69, 9.17) is 10.2 Å². The highest BCUT2D eigenvalue weighted by molar-refractivity contribution is 5.96. The van der Waals surface area contributed by atoms with Gasteiger partial charge < -0.3 is 25.7 Å². The largest absolute Gasteiger partial charge is 0.459 e. The first-order valence-corrected chi connectivity index (χ1v) is 9.66. The normalized spacial score (nSPS) is 13.6. The molecule has 8 heteroatoms. The number of nitrogens with one attached hydrogen (secondary N) is 2. The molecule has 3 heterocycles. The lowest BCUT2D eigenvalue weighted by Gasteiger charge is -2.15. The van der Waals surface area contributed by atoms with Gasteiger partial charge in [-0.2, -0.15) is 0 Å². The van der Waals surface area contributed by atoms with Crippen molar-refractivity contribution in [1.82, 2.24) is 9.88 Å². The summed E-state index contributed by atoms with van der Waals surface area (Å²) in [5.74, 6) is 1.02. The number of anilines is 3. The van der Waals surface area contributed by atoms with Crippen molar-refractivity contribution >= 4 is 46.1 Å². The van der Waals surface area contributed by atoms with Gasteiger partial charge in [0, 0.05) is 49.8 Å². The van der Waals surface area contributed by atoms with Crippen molar-refractivity contribution in [3.8, 4) is 0 Å². The van der Waals surface area contributed by atoms with Crippen LogP contribution < -0.4 is 16.4 Å². The van der Waals surface area contributed by atoms with Gasteiger partial charge in [0.15, 0.2) is 11.4 Å². The number of nitrogen functional groups attached to an aromatic ring is 1. The van der Waals surface area contributed by atoms with E-state index >= 15 is 0 Å². The van der Waals surface area contributed by atoms with Crippen LogP contribution in [0.1, 0.15) is 23.3 Å². The summed E-state index contributed by atoms with van der Waals surface area (Å²) in [5.41, 5.74) is 9.65. The van der Waals surface area contributed by atoms with Gasteiger partial charge in [0.25, 0.3) is 0 Å². The summed E-state index contributed by atoms with van der Waals surface area (Å²) in [6, 6.07) is 7.47. The van der Waals surface area contributed by atoms with Crippen LogP contribution in [0.15, 0.2) is 41.0 Å². The first-order chi connectivity index (χ1) is 14.4. The van der Waals surface area contributed by atoms with Crippen LogP contribution in [-0.2, 0) is 16.1 Å². The molecule has 0 radical (unpaired) electrons. The number of carbonyl (C=O) groups is 2. The van der Waals surface area contributed by atoms with E-state index < -0.39 is 0 Å². The minimum Gasteiger partial charge on any atom is -0.459 e. The summed E-state index contributed by atoms with van der Waals surface area (Å²) in [6.07, 6.45) is 5.22. The number of nitrogens with two attached hydrogens (primary N) is 1. The van der Waals surface area contributed by atoms with Crippen LogP contribution in [0.4, 0.5) is 17.2 Å². The molecule has 8 nitrogen and oxygen atoms in total. The number of hydrogen-bond acceptors (Lipinski definition) is 6. The van der Waals surface area contributed by atoms with Gasteiger partial charge in [-0.25, -0.2) is 4.98 Å². The maximum absolute atomic E-state index is 12.6. The van der Waals surface area contributed by atoms with Crippen LogP contribution in [0.25, 0.3) is 17.0 Å². The molecule has 4 N–H and O–H groups in total. The van der Waals surface area contributed by atoms with Crippen LogP contribution in [0.3, 0.4) is 0 Å². The minimum atomic E-state index is -0.149. The maximum atomic E-state index is 12.6. The van der Waals surface area contributed by atoms with Gasteiger partial charge in [0.1, 0.15) is 5.76 Å². The zero-order chi connectivity index (χ0) is 21.3. The van der Waals surface area contributed by atoms with Crippen LogP contribution in [-0.4, -0.2) is 35.3 Å². The van der Waals surface area contributed by atoms with Crippen molar-refractivity contribution in [2.75, 3.05) is 30.0 Å². The second kappa shape index (κ2) is 7.90. The Hall–Kier alpha value is -3.81. The van der Waals surface area contributed by atoms with Crippen LogP contribution >= 0.6 is 0 Å². The molecule has 154 valence electrons. The molecule has 0 bridgehead atoms. The Kier molecular flexibility index (Phi) is 5.14. The second-order valence-corrected chi connectivity index (χ2v) is 7.28. The molecule has 0 spiro atoms. The Morgan fingerprint density at radius 3 is 3.07 bits per heavy atom. The third-order valence-corrected chi connectivity index (χ3v) is 5.07. The monoisotopic (exact) mass is 405 g/mol. The number of aromatic nitrogens is 1. The van der Waals surface area contributed by atoms with Crippen LogP contribution in [0, 0.1) is 6.92 Å². The Labute approximate surface area is 173 Å². The predicted molar refractivity (Wildman–Crippen MR) is 117 cm³/mol. The average molecular weight is 405 g/mol. The first kappa shape index (κ1) is 19.5. The molecule has 0 fully saturated rings. The quantitative estimate of drug-likeness (QED) is 0.454. The van der Waals surface area contributed by atoms with E-state index in [-0.39, 0.29) is 11.8 Å². The van der Waals surface area contributed by atoms with Crippen molar-refractivity contribution in [3.63, 3.8) is 0 Å². The van der Waals surface area contributed by atoms with Gasteiger partial charge in [0.05, 0.1) is 11.4 Å². The number of para-hydroxylation sites is 1. The number of fused-ring (bicyclic) bond motifs is 2. The number of carbonyl (C=O) groups excluding carboxylic acids is 2. The molecule has 4 rings (SSSR count). The molecule has 30 heavy (non-hydrogen) atoms. The molecule has 1 aliphatic rings. The highest BCUT2D eigenvalue weighted by atomic mass is 16.3. The lowest BCUT2D eigenvalue weighted by Crippen LogP contribution is -2.24. The molecule has 0 atom stereocenters. The topological polar surface area (TPSA) is 113 Å². The standard InChI is InChI=1S/C22H23N5O3/c1-13-16(15-4-3-5-17(23)21(15)30-13)12-27(2)20(29)7-6-14-10-18-22(25-11-14)26-19(28)8-9-24-18/h3-7,10-11,24H,8-9,12,23H2,1-2H3,(H,25,26,28)/b7-6+. The third kappa shape index (κ3) is 3.84. The number of benzene rings is 1. The lowest BCUT2D eigenvalue weighted by atomic mass is 10.1. The first-order valence-electron chi connectivity index (χ1n) is 9.66. The number of hydrogen-bond donors (Lipinski definition) is 3. The Morgan fingerprint density at radius 1 is 1.40 bits per heavy atom. The van der Waals surface area contributed by atoms with Gasteiger partial charge in [-0.05, 0) is 30.7 Å². The summed E-state index contributed by atoms with van der Waals surface area (Å²) in [4.78, 5) is 30.1. The molecule has 2 aromatic heterocycles. The summed E-state index contributed by atoms with van der Waals surface area (Å²) in [7, 11) is 1.74. The van der Waals surface area contributed by atoms with Gasteiger partial charge in [-0.15, -0.1) is 0 Å². The SMILES string of the molecule is Cc1oc2c(N)cccc2c1CN(C)C(=O)/C=C/c1cnc2c(c1)NCCC(=O)N2. The van der Waals surface area contributed by atoms with E-state index in [1.807, 2.05) is 25.1 Å². The highest BCUT2D eigenvalue weighted by Crippen LogP contribution is 2.30. The molecule has 0 aliphatic carbocycles. The van der Waals surface area contributed by atoms with Gasteiger partial charge in [0.2, 0.25) is 11.8 Å². The number of furan rings is 1. The van der Waals surface area contributed by atoms with E-state index in [1.165, 1.54) is 6.08 Å². The maximum Gasteiger partial charge on any atom is 0.246 e. The van der Waals surface area contributed by atoms with Crippen molar-refractivity contribution in [2.24, 2.45) is 0 Å². The molecule has 0 saturated carbocycles. The van der Waals surface area contributed by atoms with Crippen LogP contribution in [0.5, 0.6) is 0 Å². The van der Waals surface area contributed by atoms with E-state index in [0.717, 1.165) is 28.0 Å². The summed E-state index contributed by atoms with van der Waals surface area (Å²) in [6.45, 7) is 2.81. The van der Waals surface area contributed by atoms with E-state index in [2.05, 4.69) is 15.6 Å². The number of nitrogens with zero attached hydrogens (tertiary/aromatic N) is 2.